The topological polar surface area (TPSA) is 32.5 Å². The summed E-state index contributed by atoms with van der Waals surface area (Å²) in [5.74, 6) is 0. The fourth-order valence-electron chi connectivity index (χ4n) is 2.46. The van der Waals surface area contributed by atoms with E-state index >= 15 is 0 Å². The highest BCUT2D eigenvalue weighted by Gasteiger charge is 2.12. The van der Waals surface area contributed by atoms with Gasteiger partial charge in [0.15, 0.2) is 0 Å². The Kier molecular flexibility index (Phi) is 4.48. The first-order valence-electron chi connectivity index (χ1n) is 7.00. The Hall–Kier alpha value is -1.22. The molecular formula is C15H25N3. The number of anilines is 2. The molecule has 0 aliphatic carbocycles. The summed E-state index contributed by atoms with van der Waals surface area (Å²) in [6.45, 7) is 5.24. The van der Waals surface area contributed by atoms with Crippen molar-refractivity contribution in [2.24, 2.45) is 5.73 Å². The van der Waals surface area contributed by atoms with Crippen molar-refractivity contribution in [2.75, 3.05) is 36.5 Å². The van der Waals surface area contributed by atoms with E-state index in [0.29, 0.717) is 12.6 Å². The van der Waals surface area contributed by atoms with Crippen LogP contribution in [0.15, 0.2) is 24.3 Å². The third-order valence-corrected chi connectivity index (χ3v) is 3.98. The molecule has 2 rings (SSSR count). The van der Waals surface area contributed by atoms with Crippen molar-refractivity contribution in [2.45, 2.75) is 32.2 Å². The number of nitrogens with zero attached hydrogens (tertiary/aromatic N) is 2. The number of piperidine rings is 1. The highest BCUT2D eigenvalue weighted by Crippen LogP contribution is 2.23. The number of benzene rings is 1. The van der Waals surface area contributed by atoms with Crippen LogP contribution in [0.1, 0.15) is 26.2 Å². The fourth-order valence-corrected chi connectivity index (χ4v) is 2.46. The summed E-state index contributed by atoms with van der Waals surface area (Å²) < 4.78 is 0. The van der Waals surface area contributed by atoms with E-state index in [2.05, 4.69) is 48.0 Å². The van der Waals surface area contributed by atoms with Crippen molar-refractivity contribution in [1.29, 1.82) is 0 Å². The van der Waals surface area contributed by atoms with Crippen molar-refractivity contribution in [3.8, 4) is 0 Å². The maximum Gasteiger partial charge on any atom is 0.0380 e. The Morgan fingerprint density at radius 1 is 1.17 bits per heavy atom. The lowest BCUT2D eigenvalue weighted by Gasteiger charge is -2.30. The van der Waals surface area contributed by atoms with E-state index in [1.165, 1.54) is 43.7 Å². The second-order valence-electron chi connectivity index (χ2n) is 5.26. The molecule has 1 fully saturated rings. The monoisotopic (exact) mass is 247 g/mol. The Morgan fingerprint density at radius 3 is 2.33 bits per heavy atom. The minimum Gasteiger partial charge on any atom is -0.372 e. The largest absolute Gasteiger partial charge is 0.372 e. The zero-order valence-electron chi connectivity index (χ0n) is 11.6. The summed E-state index contributed by atoms with van der Waals surface area (Å²) >= 11 is 0. The Labute approximate surface area is 111 Å². The molecule has 1 aromatic carbocycles. The van der Waals surface area contributed by atoms with Crippen LogP contribution in [0.2, 0.25) is 0 Å². The predicted octanol–water partition coefficient (Wildman–Crippen LogP) is 2.46. The molecule has 0 amide bonds. The number of nitrogens with two attached hydrogens (primary N) is 1. The zero-order valence-corrected chi connectivity index (χ0v) is 11.6. The van der Waals surface area contributed by atoms with Crippen molar-refractivity contribution in [3.63, 3.8) is 0 Å². The average molecular weight is 247 g/mol. The number of hydrogen-bond donors (Lipinski definition) is 1. The molecule has 1 saturated heterocycles. The third kappa shape index (κ3) is 2.96. The Balaban J connectivity index is 2.04. The summed E-state index contributed by atoms with van der Waals surface area (Å²) in [4.78, 5) is 4.72. The van der Waals surface area contributed by atoms with E-state index in [1.54, 1.807) is 0 Å². The standard InChI is InChI=1S/C15H25N3/c1-13(12-16)17(2)14-6-8-15(9-7-14)18-10-4-3-5-11-18/h6-9,13H,3-5,10-12,16H2,1-2H3. The van der Waals surface area contributed by atoms with Crippen LogP contribution in [0.25, 0.3) is 0 Å². The van der Waals surface area contributed by atoms with Gasteiger partial charge in [-0.1, -0.05) is 0 Å². The molecule has 0 aromatic heterocycles. The van der Waals surface area contributed by atoms with E-state index in [9.17, 15) is 0 Å². The molecule has 0 saturated carbocycles. The lowest BCUT2D eigenvalue weighted by atomic mass is 10.1. The van der Waals surface area contributed by atoms with Gasteiger partial charge in [-0.15, -0.1) is 0 Å². The van der Waals surface area contributed by atoms with E-state index in [1.807, 2.05) is 0 Å². The number of likely N-dealkylation sites (N-methyl/N-ethyl adjacent to an activating group) is 1. The molecule has 0 bridgehead atoms. The molecule has 1 heterocycles. The lowest BCUT2D eigenvalue weighted by molar-refractivity contribution is 0.578. The summed E-state index contributed by atoms with van der Waals surface area (Å²) in [7, 11) is 2.10. The maximum absolute atomic E-state index is 5.71. The van der Waals surface area contributed by atoms with Crippen LogP contribution in [0.3, 0.4) is 0 Å². The Bertz CT molecular complexity index is 334. The Morgan fingerprint density at radius 2 is 1.78 bits per heavy atom. The van der Waals surface area contributed by atoms with E-state index < -0.39 is 0 Å². The fraction of sp³-hybridized carbons (Fsp3) is 0.600. The van der Waals surface area contributed by atoms with Crippen LogP contribution in [-0.4, -0.2) is 32.7 Å². The van der Waals surface area contributed by atoms with Crippen LogP contribution < -0.4 is 15.5 Å². The summed E-state index contributed by atoms with van der Waals surface area (Å²) in [5.41, 5.74) is 8.31. The van der Waals surface area contributed by atoms with E-state index in [4.69, 9.17) is 5.73 Å². The van der Waals surface area contributed by atoms with Crippen molar-refractivity contribution in [3.05, 3.63) is 24.3 Å². The molecule has 2 N–H and O–H groups in total. The van der Waals surface area contributed by atoms with Gasteiger partial charge in [0.2, 0.25) is 0 Å². The molecule has 1 aliphatic rings. The molecule has 3 nitrogen and oxygen atoms in total. The molecule has 3 heteroatoms. The second kappa shape index (κ2) is 6.10. The van der Waals surface area contributed by atoms with Gasteiger partial charge in [-0.2, -0.15) is 0 Å². The predicted molar refractivity (Wildman–Crippen MR) is 79.4 cm³/mol. The van der Waals surface area contributed by atoms with Gasteiger partial charge in [0.05, 0.1) is 0 Å². The molecule has 1 atom stereocenters. The molecule has 0 spiro atoms. The van der Waals surface area contributed by atoms with E-state index in [0.717, 1.165) is 0 Å². The third-order valence-electron chi connectivity index (χ3n) is 3.98. The first-order chi connectivity index (χ1) is 8.72. The van der Waals surface area contributed by atoms with Gasteiger partial charge in [0.1, 0.15) is 0 Å². The first kappa shape index (κ1) is 13.2. The SMILES string of the molecule is CC(CN)N(C)c1ccc(N2CCCCC2)cc1. The summed E-state index contributed by atoms with van der Waals surface area (Å²) in [6.07, 6.45) is 4.03. The summed E-state index contributed by atoms with van der Waals surface area (Å²) in [6, 6.07) is 9.26. The molecule has 1 aromatic rings. The van der Waals surface area contributed by atoms with Crippen molar-refractivity contribution in [1.82, 2.24) is 0 Å². The highest BCUT2D eigenvalue weighted by molar-refractivity contribution is 5.56. The molecule has 1 unspecified atom stereocenters. The summed E-state index contributed by atoms with van der Waals surface area (Å²) in [5, 5.41) is 0. The normalized spacial score (nSPS) is 17.6. The van der Waals surface area contributed by atoms with E-state index in [-0.39, 0.29) is 0 Å². The number of hydrogen-bond acceptors (Lipinski definition) is 3. The van der Waals surface area contributed by atoms with Gasteiger partial charge in [-0.25, -0.2) is 0 Å². The minimum atomic E-state index is 0.380. The molecular weight excluding hydrogens is 222 g/mol. The molecule has 0 radical (unpaired) electrons. The van der Waals surface area contributed by atoms with Crippen molar-refractivity contribution >= 4 is 11.4 Å². The van der Waals surface area contributed by atoms with Crippen LogP contribution in [-0.2, 0) is 0 Å². The highest BCUT2D eigenvalue weighted by atomic mass is 15.1. The lowest BCUT2D eigenvalue weighted by Crippen LogP contribution is -2.35. The average Bonchev–Trinajstić information content (AvgIpc) is 2.47. The van der Waals surface area contributed by atoms with Gasteiger partial charge in [0.25, 0.3) is 0 Å². The zero-order chi connectivity index (χ0) is 13.0. The van der Waals surface area contributed by atoms with Crippen LogP contribution in [0.5, 0.6) is 0 Å². The minimum absolute atomic E-state index is 0.380. The molecule has 100 valence electrons. The van der Waals surface area contributed by atoms with Crippen LogP contribution >= 0.6 is 0 Å². The van der Waals surface area contributed by atoms with Crippen molar-refractivity contribution < 1.29 is 0 Å². The van der Waals surface area contributed by atoms with Crippen LogP contribution in [0.4, 0.5) is 11.4 Å². The second-order valence-corrected chi connectivity index (χ2v) is 5.26. The van der Waals surface area contributed by atoms with Gasteiger partial charge < -0.3 is 15.5 Å². The van der Waals surface area contributed by atoms with Gasteiger partial charge in [0, 0.05) is 44.1 Å². The molecule has 1 aliphatic heterocycles. The van der Waals surface area contributed by atoms with Gasteiger partial charge >= 0.3 is 0 Å². The number of rotatable bonds is 4. The maximum atomic E-state index is 5.71. The smallest absolute Gasteiger partial charge is 0.0380 e. The van der Waals surface area contributed by atoms with Gasteiger partial charge in [-0.05, 0) is 50.5 Å². The molecule has 18 heavy (non-hydrogen) atoms. The first-order valence-corrected chi connectivity index (χ1v) is 7.00. The quantitative estimate of drug-likeness (QED) is 0.887. The van der Waals surface area contributed by atoms with Crippen LogP contribution in [0, 0.1) is 0 Å². The van der Waals surface area contributed by atoms with Gasteiger partial charge in [-0.3, -0.25) is 0 Å².